The molecule has 0 saturated carbocycles. The van der Waals surface area contributed by atoms with Crippen molar-refractivity contribution in [2.45, 2.75) is 26.2 Å². The largest absolute Gasteiger partial charge is 0.348 e. The third-order valence-corrected chi connectivity index (χ3v) is 3.95. The SMILES string of the molecule is CC(C)(C)c1[nH]cnc1C=c1[nH]c(=O)c(=Cc2cc([N+](=O)[O-])ccn2)[nH]c1=O. The van der Waals surface area contributed by atoms with E-state index < -0.39 is 16.0 Å². The van der Waals surface area contributed by atoms with Gasteiger partial charge in [-0.2, -0.15) is 0 Å². The lowest BCUT2D eigenvalue weighted by Crippen LogP contribution is -2.46. The molecule has 0 atom stereocenters. The molecule has 10 nitrogen and oxygen atoms in total. The number of H-pyrrole nitrogens is 3. The van der Waals surface area contributed by atoms with Gasteiger partial charge in [0, 0.05) is 29.4 Å². The summed E-state index contributed by atoms with van der Waals surface area (Å²) < 4.78 is 0. The second-order valence-corrected chi connectivity index (χ2v) is 7.13. The average molecular weight is 382 g/mol. The molecule has 0 unspecified atom stereocenters. The summed E-state index contributed by atoms with van der Waals surface area (Å²) in [5.41, 5.74) is 0.0604. The molecule has 0 fully saturated rings. The van der Waals surface area contributed by atoms with E-state index in [4.69, 9.17) is 0 Å². The molecule has 0 aromatic carbocycles. The van der Waals surface area contributed by atoms with Gasteiger partial charge in [-0.15, -0.1) is 0 Å². The quantitative estimate of drug-likeness (QED) is 0.430. The van der Waals surface area contributed by atoms with Gasteiger partial charge in [0.05, 0.1) is 22.6 Å². The minimum absolute atomic E-state index is 0.0479. The van der Waals surface area contributed by atoms with E-state index in [0.29, 0.717) is 5.69 Å². The number of imidazole rings is 1. The van der Waals surface area contributed by atoms with Crippen LogP contribution in [-0.4, -0.2) is 29.8 Å². The van der Waals surface area contributed by atoms with Crippen LogP contribution in [0.15, 0.2) is 34.2 Å². The molecule has 0 aliphatic carbocycles. The van der Waals surface area contributed by atoms with Crippen LogP contribution in [0.4, 0.5) is 5.69 Å². The van der Waals surface area contributed by atoms with Crippen LogP contribution >= 0.6 is 0 Å². The summed E-state index contributed by atoms with van der Waals surface area (Å²) in [6.45, 7) is 5.98. The van der Waals surface area contributed by atoms with Crippen LogP contribution in [0.2, 0.25) is 0 Å². The summed E-state index contributed by atoms with van der Waals surface area (Å²) in [5, 5.41) is 10.8. The Hall–Kier alpha value is -3.82. The lowest BCUT2D eigenvalue weighted by molar-refractivity contribution is -0.384. The molecule has 0 saturated heterocycles. The van der Waals surface area contributed by atoms with Gasteiger partial charge < -0.3 is 15.0 Å². The van der Waals surface area contributed by atoms with Crippen LogP contribution in [0, 0.1) is 10.1 Å². The number of rotatable bonds is 3. The second kappa shape index (κ2) is 7.06. The Morgan fingerprint density at radius 2 is 1.71 bits per heavy atom. The van der Waals surface area contributed by atoms with Gasteiger partial charge in [0.25, 0.3) is 16.8 Å². The van der Waals surface area contributed by atoms with Crippen LogP contribution < -0.4 is 21.8 Å². The van der Waals surface area contributed by atoms with Gasteiger partial charge in [0.15, 0.2) is 0 Å². The van der Waals surface area contributed by atoms with E-state index in [2.05, 4.69) is 24.9 Å². The lowest BCUT2D eigenvalue weighted by atomic mass is 9.90. The van der Waals surface area contributed by atoms with Crippen molar-refractivity contribution >= 4 is 17.8 Å². The molecule has 3 aromatic rings. The zero-order valence-electron chi connectivity index (χ0n) is 15.4. The monoisotopic (exact) mass is 382 g/mol. The molecule has 28 heavy (non-hydrogen) atoms. The molecule has 0 amide bonds. The fourth-order valence-corrected chi connectivity index (χ4v) is 2.62. The number of nitrogens with one attached hydrogen (secondary N) is 3. The Bertz CT molecular complexity index is 1280. The molecular weight excluding hydrogens is 364 g/mol. The molecule has 0 bridgehead atoms. The lowest BCUT2D eigenvalue weighted by Gasteiger charge is -2.16. The predicted molar refractivity (Wildman–Crippen MR) is 102 cm³/mol. The first kappa shape index (κ1) is 19.0. The Labute approximate surface area is 157 Å². The highest BCUT2D eigenvalue weighted by atomic mass is 16.6. The zero-order valence-corrected chi connectivity index (χ0v) is 15.4. The normalized spacial score (nSPS) is 13.1. The van der Waals surface area contributed by atoms with Gasteiger partial charge in [0.1, 0.15) is 10.7 Å². The topological polar surface area (TPSA) is 150 Å². The number of aromatic nitrogens is 5. The fraction of sp³-hybridized carbons (Fsp3) is 0.222. The minimum atomic E-state index is -0.569. The summed E-state index contributed by atoms with van der Waals surface area (Å²) in [4.78, 5) is 51.2. The Kier molecular flexibility index (Phi) is 4.78. The number of aromatic amines is 3. The van der Waals surface area contributed by atoms with E-state index in [9.17, 15) is 19.7 Å². The Morgan fingerprint density at radius 1 is 1.07 bits per heavy atom. The van der Waals surface area contributed by atoms with E-state index in [-0.39, 0.29) is 27.5 Å². The highest BCUT2D eigenvalue weighted by molar-refractivity contribution is 5.49. The molecule has 0 spiro atoms. The van der Waals surface area contributed by atoms with Crippen molar-refractivity contribution < 1.29 is 4.92 Å². The van der Waals surface area contributed by atoms with E-state index in [1.807, 2.05) is 20.8 Å². The van der Waals surface area contributed by atoms with Crippen LogP contribution in [0.1, 0.15) is 37.9 Å². The maximum atomic E-state index is 12.4. The fourth-order valence-electron chi connectivity index (χ4n) is 2.62. The van der Waals surface area contributed by atoms with Crippen molar-refractivity contribution in [2.24, 2.45) is 0 Å². The van der Waals surface area contributed by atoms with Gasteiger partial charge in [-0.25, -0.2) is 4.98 Å². The first-order valence-corrected chi connectivity index (χ1v) is 8.35. The average Bonchev–Trinajstić information content (AvgIpc) is 3.08. The van der Waals surface area contributed by atoms with Gasteiger partial charge in [-0.05, 0) is 12.2 Å². The smallest absolute Gasteiger partial charge is 0.273 e. The van der Waals surface area contributed by atoms with Crippen molar-refractivity contribution in [1.82, 2.24) is 24.9 Å². The molecule has 0 aliphatic heterocycles. The summed E-state index contributed by atoms with van der Waals surface area (Å²) in [6.07, 6.45) is 5.54. The van der Waals surface area contributed by atoms with E-state index in [0.717, 1.165) is 5.69 Å². The highest BCUT2D eigenvalue weighted by Crippen LogP contribution is 2.22. The Balaban J connectivity index is 2.12. The van der Waals surface area contributed by atoms with Crippen molar-refractivity contribution in [3.63, 3.8) is 0 Å². The number of nitro groups is 1. The van der Waals surface area contributed by atoms with Crippen LogP contribution in [0.25, 0.3) is 12.2 Å². The molecular formula is C18H18N6O4. The van der Waals surface area contributed by atoms with E-state index >= 15 is 0 Å². The molecule has 3 N–H and O–H groups in total. The summed E-state index contributed by atoms with van der Waals surface area (Å²) in [5.74, 6) is 0. The second-order valence-electron chi connectivity index (χ2n) is 7.13. The molecule has 10 heteroatoms. The third kappa shape index (κ3) is 3.95. The molecule has 0 radical (unpaired) electrons. The maximum absolute atomic E-state index is 12.4. The highest BCUT2D eigenvalue weighted by Gasteiger charge is 2.19. The van der Waals surface area contributed by atoms with Crippen molar-refractivity contribution in [3.05, 3.63) is 83.3 Å². The number of hydrogen-bond donors (Lipinski definition) is 3. The number of hydrogen-bond acceptors (Lipinski definition) is 6. The minimum Gasteiger partial charge on any atom is -0.348 e. The Morgan fingerprint density at radius 3 is 2.32 bits per heavy atom. The first-order chi connectivity index (χ1) is 13.1. The number of nitrogens with zero attached hydrogens (tertiary/aromatic N) is 3. The van der Waals surface area contributed by atoms with Crippen molar-refractivity contribution in [3.8, 4) is 0 Å². The molecule has 3 aromatic heterocycles. The molecule has 0 aliphatic rings. The van der Waals surface area contributed by atoms with Gasteiger partial charge in [-0.1, -0.05) is 20.8 Å². The summed E-state index contributed by atoms with van der Waals surface area (Å²) in [6, 6.07) is 2.44. The summed E-state index contributed by atoms with van der Waals surface area (Å²) in [7, 11) is 0. The summed E-state index contributed by atoms with van der Waals surface area (Å²) >= 11 is 0. The van der Waals surface area contributed by atoms with Crippen LogP contribution in [-0.2, 0) is 5.41 Å². The predicted octanol–water partition coefficient (Wildman–Crippen LogP) is 0.0446. The van der Waals surface area contributed by atoms with Crippen molar-refractivity contribution in [2.75, 3.05) is 0 Å². The first-order valence-electron chi connectivity index (χ1n) is 8.35. The van der Waals surface area contributed by atoms with Gasteiger partial charge in [-0.3, -0.25) is 24.7 Å². The third-order valence-electron chi connectivity index (χ3n) is 3.95. The molecule has 3 heterocycles. The number of pyridine rings is 1. The van der Waals surface area contributed by atoms with E-state index in [1.165, 1.54) is 36.8 Å². The maximum Gasteiger partial charge on any atom is 0.273 e. The van der Waals surface area contributed by atoms with Crippen LogP contribution in [0.3, 0.4) is 0 Å². The van der Waals surface area contributed by atoms with E-state index in [1.54, 1.807) is 0 Å². The zero-order chi connectivity index (χ0) is 20.5. The molecule has 144 valence electrons. The standard InChI is InChI=1S/C18H18N6O4/c1-18(2,3)15-12(20-9-21-15)8-14-17(26)22-13(16(25)23-14)7-10-6-11(24(27)28)4-5-19-10/h4-9H,1-3H3,(H,20,21)(H,22,26)(H,23,25). The molecule has 3 rings (SSSR count). The van der Waals surface area contributed by atoms with Crippen LogP contribution in [0.5, 0.6) is 0 Å². The van der Waals surface area contributed by atoms with Gasteiger partial charge >= 0.3 is 0 Å². The van der Waals surface area contributed by atoms with Gasteiger partial charge in [0.2, 0.25) is 0 Å². The van der Waals surface area contributed by atoms with Crippen molar-refractivity contribution in [1.29, 1.82) is 0 Å².